The Morgan fingerprint density at radius 1 is 0.713 bits per heavy atom. The monoisotopic (exact) mass is 1110 g/mol. The van der Waals surface area contributed by atoms with Gasteiger partial charge in [0.15, 0.2) is 17.7 Å². The molecular formula is C54H78N16O10. The van der Waals surface area contributed by atoms with Crippen molar-refractivity contribution in [1.82, 2.24) is 47.5 Å². The van der Waals surface area contributed by atoms with Crippen LogP contribution in [0.4, 0.5) is 0 Å². The van der Waals surface area contributed by atoms with Crippen molar-refractivity contribution in [3.8, 4) is 0 Å². The summed E-state index contributed by atoms with van der Waals surface area (Å²) in [5.41, 5.74) is 30.1. The molecule has 2 aliphatic rings. The van der Waals surface area contributed by atoms with E-state index in [0.29, 0.717) is 25.1 Å². The van der Waals surface area contributed by atoms with Crippen molar-refractivity contribution in [2.24, 2.45) is 56.4 Å². The number of carbonyl (C=O) groups is 10. The van der Waals surface area contributed by atoms with Gasteiger partial charge in [-0.05, 0) is 87.9 Å². The highest BCUT2D eigenvalue weighted by molar-refractivity contribution is 5.99. The van der Waals surface area contributed by atoms with Gasteiger partial charge in [-0.1, -0.05) is 48.5 Å². The Balaban J connectivity index is 1.56. The van der Waals surface area contributed by atoms with Gasteiger partial charge in [0, 0.05) is 81.4 Å². The predicted octanol–water partition coefficient (Wildman–Crippen LogP) is -2.44. The molecule has 1 aromatic heterocycles. The van der Waals surface area contributed by atoms with E-state index >= 15 is 0 Å². The molecule has 3 aromatic rings. The van der Waals surface area contributed by atoms with E-state index in [9.17, 15) is 47.9 Å². The molecule has 80 heavy (non-hydrogen) atoms. The number of rotatable bonds is 19. The Hall–Kier alpha value is -8.42. The second-order valence-corrected chi connectivity index (χ2v) is 20.3. The summed E-state index contributed by atoms with van der Waals surface area (Å²) < 4.78 is 0. The van der Waals surface area contributed by atoms with Crippen LogP contribution in [-0.4, -0.2) is 145 Å². The van der Waals surface area contributed by atoms with Gasteiger partial charge in [-0.15, -0.1) is 0 Å². The van der Waals surface area contributed by atoms with Gasteiger partial charge in [0.25, 0.3) is 0 Å². The van der Waals surface area contributed by atoms with E-state index < -0.39 is 126 Å². The molecule has 2 fully saturated rings. The van der Waals surface area contributed by atoms with Crippen LogP contribution in [-0.2, 0) is 60.8 Å². The maximum absolute atomic E-state index is 14.9. The second-order valence-electron chi connectivity index (χ2n) is 20.3. The van der Waals surface area contributed by atoms with Crippen molar-refractivity contribution in [2.45, 2.75) is 121 Å². The highest BCUT2D eigenvalue weighted by Gasteiger charge is 2.36. The number of primary amides is 1. The Bertz CT molecular complexity index is 2700. The fourth-order valence-corrected chi connectivity index (χ4v) is 9.65. The molecule has 0 spiro atoms. The minimum atomic E-state index is -1.69. The third-order valence-electron chi connectivity index (χ3n) is 14.0. The van der Waals surface area contributed by atoms with Crippen LogP contribution in [0.15, 0.2) is 70.8 Å². The molecule has 2 aromatic carbocycles. The first-order valence-corrected chi connectivity index (χ1v) is 27.1. The Morgan fingerprint density at radius 3 is 2.09 bits per heavy atom. The van der Waals surface area contributed by atoms with Gasteiger partial charge < -0.3 is 76.2 Å². The maximum atomic E-state index is 14.9. The lowest BCUT2D eigenvalue weighted by Gasteiger charge is -2.27. The average Bonchev–Trinajstić information content (AvgIpc) is 4.15. The van der Waals surface area contributed by atoms with Crippen molar-refractivity contribution in [3.63, 3.8) is 0 Å². The summed E-state index contributed by atoms with van der Waals surface area (Å²) >= 11 is 0. The van der Waals surface area contributed by atoms with E-state index in [1.54, 1.807) is 36.5 Å². The number of aromatic amines is 1. The number of H-pyrrole nitrogens is 1. The number of hydrogen-bond donors (Lipinski definition) is 14. The van der Waals surface area contributed by atoms with Gasteiger partial charge in [-0.3, -0.25) is 57.9 Å². The second kappa shape index (κ2) is 31.8. The Labute approximate surface area is 463 Å². The number of aromatic nitrogens is 1. The number of Topliss-reactive ketones (excluding diaryl/α,β-unsaturated/α-hetero) is 2. The van der Waals surface area contributed by atoms with Gasteiger partial charge in [0.05, 0.1) is 18.4 Å². The summed E-state index contributed by atoms with van der Waals surface area (Å²) in [6, 6.07) is 9.02. The lowest BCUT2D eigenvalue weighted by atomic mass is 9.83. The number of carbonyl (C=O) groups excluding carboxylic acids is 10. The van der Waals surface area contributed by atoms with Crippen molar-refractivity contribution < 1.29 is 47.9 Å². The van der Waals surface area contributed by atoms with Crippen molar-refractivity contribution in [1.29, 1.82) is 0 Å². The van der Waals surface area contributed by atoms with Crippen LogP contribution in [0.25, 0.3) is 10.9 Å². The minimum absolute atomic E-state index is 0.00599. The quantitative estimate of drug-likeness (QED) is 0.0337. The highest BCUT2D eigenvalue weighted by atomic mass is 16.2. The zero-order valence-electron chi connectivity index (χ0n) is 45.2. The van der Waals surface area contributed by atoms with Crippen LogP contribution < -0.4 is 71.2 Å². The summed E-state index contributed by atoms with van der Waals surface area (Å²) in [6.45, 7) is 1.83. The zero-order chi connectivity index (χ0) is 58.1. The van der Waals surface area contributed by atoms with Crippen LogP contribution in [0.1, 0.15) is 88.7 Å². The lowest BCUT2D eigenvalue weighted by Crippen LogP contribution is -2.61. The summed E-state index contributed by atoms with van der Waals surface area (Å²) in [7, 11) is 0. The first-order chi connectivity index (χ1) is 38.3. The molecule has 0 aliphatic carbocycles. The highest BCUT2D eigenvalue weighted by Crippen LogP contribution is 2.26. The Kier molecular flexibility index (Phi) is 24.9. The molecule has 2 saturated heterocycles. The lowest BCUT2D eigenvalue weighted by molar-refractivity contribution is -0.136. The predicted molar refractivity (Wildman–Crippen MR) is 298 cm³/mol. The summed E-state index contributed by atoms with van der Waals surface area (Å²) in [6.07, 6.45) is 1.81. The van der Waals surface area contributed by atoms with Gasteiger partial charge >= 0.3 is 0 Å². The largest absolute Gasteiger partial charge is 0.370 e. The van der Waals surface area contributed by atoms with Crippen LogP contribution >= 0.6 is 0 Å². The van der Waals surface area contributed by atoms with E-state index in [1.165, 1.54) is 6.92 Å². The molecule has 8 atom stereocenters. The van der Waals surface area contributed by atoms with Crippen LogP contribution in [0.3, 0.4) is 0 Å². The normalized spacial score (nSPS) is 22.5. The number of hydrogen-bond acceptors (Lipinski definition) is 13. The molecule has 434 valence electrons. The number of guanidine groups is 2. The van der Waals surface area contributed by atoms with E-state index in [2.05, 4.69) is 57.5 Å². The van der Waals surface area contributed by atoms with Crippen LogP contribution in [0.2, 0.25) is 0 Å². The van der Waals surface area contributed by atoms with Crippen LogP contribution in [0.5, 0.6) is 0 Å². The topological polar surface area (TPSA) is 438 Å². The molecule has 0 unspecified atom stereocenters. The van der Waals surface area contributed by atoms with Crippen molar-refractivity contribution in [2.75, 3.05) is 39.3 Å². The van der Waals surface area contributed by atoms with E-state index in [0.717, 1.165) is 16.5 Å². The molecule has 0 bridgehead atoms. The van der Waals surface area contributed by atoms with Crippen molar-refractivity contribution in [3.05, 3.63) is 71.9 Å². The number of nitrogens with two attached hydrogens (primary N) is 5. The van der Waals surface area contributed by atoms with Gasteiger partial charge in [-0.25, -0.2) is 0 Å². The molecular weight excluding hydrogens is 1030 g/mol. The fourth-order valence-electron chi connectivity index (χ4n) is 9.65. The number of fused-ring (bicyclic) bond motifs is 1. The molecule has 2 aliphatic heterocycles. The van der Waals surface area contributed by atoms with Gasteiger partial charge in [0.1, 0.15) is 30.0 Å². The van der Waals surface area contributed by atoms with Crippen molar-refractivity contribution >= 4 is 81.6 Å². The molecule has 0 saturated carbocycles. The van der Waals surface area contributed by atoms with Gasteiger partial charge in [0.2, 0.25) is 47.3 Å². The fraction of sp³-hybridized carbons (Fsp3) is 0.519. The molecule has 3 heterocycles. The number of nitrogens with one attached hydrogen (secondary N) is 9. The first-order valence-electron chi connectivity index (χ1n) is 27.1. The molecule has 0 radical (unpaired) electrons. The maximum Gasteiger partial charge on any atom is 0.245 e. The van der Waals surface area contributed by atoms with E-state index in [4.69, 9.17) is 28.7 Å². The number of aliphatic imine (C=N–C) groups is 2. The zero-order valence-corrected chi connectivity index (χ0v) is 45.2. The summed E-state index contributed by atoms with van der Waals surface area (Å²) in [5.74, 6) is -10.0. The molecule has 19 N–H and O–H groups in total. The third-order valence-corrected chi connectivity index (χ3v) is 14.0. The molecule has 8 amide bonds. The molecule has 26 heteroatoms. The standard InChI is InChI=1S/C54H78N16O10/c1-31(71)66-40(17-10-21-63-54(58)59)50(78)69-42-27-46(74)61-19-8-7-16-39(47(55)75)67-49(77)35(24-36-29-64-38-15-6-5-14-37(36)38)26-44(72)33(13-9-20-62-53(56)57)25-45(73)41(23-32-11-3-2-4-12-32)68-52(80)43(70-51(42)79)30-65-48(76)34-18-22-60-28-34/h2-6,11-12,14-15,29,33-35,39-43,60,64H,7-10,13,16-28,30H2,1H3,(H2,55,75)(H,61,74)(H,65,76)(H,66,71)(H,67,77)(H,68,80)(H,69,78)(H,70,79)(H4,56,57,62)(H4,58,59,63)/t33-,34+,35-,39+,40+,41-,42+,43+/m1/s1. The SMILES string of the molecule is CC(=O)N[C@@H](CCCN=C(N)N)C(=O)N[C@H]1CC(=O)NCCCC[C@@H](C(N)=O)NC(=O)[C@H](Cc2c[nH]c3ccccc23)CC(=O)[C@H](CCCN=C(N)N)CC(=O)[C@@H](Cc2ccccc2)NC(=O)[C@H](CNC(=O)[C@H]2CCNC2)NC1=O. The summed E-state index contributed by atoms with van der Waals surface area (Å²) in [5, 5.41) is 22.6. The number of benzene rings is 2. The van der Waals surface area contributed by atoms with Gasteiger partial charge in [-0.2, -0.15) is 0 Å². The smallest absolute Gasteiger partial charge is 0.245 e. The Morgan fingerprint density at radius 2 is 1.40 bits per heavy atom. The molecule has 26 nitrogen and oxygen atoms in total. The third kappa shape index (κ3) is 20.8. The van der Waals surface area contributed by atoms with E-state index in [-0.39, 0.29) is 95.8 Å². The average molecular weight is 1110 g/mol. The molecule has 5 rings (SSSR count). The number of amides is 8. The number of para-hydroxylation sites is 1. The van der Waals surface area contributed by atoms with Crippen LogP contribution in [0, 0.1) is 17.8 Å². The number of nitrogens with zero attached hydrogens (tertiary/aromatic N) is 2. The van der Waals surface area contributed by atoms with E-state index in [1.807, 2.05) is 24.3 Å². The minimum Gasteiger partial charge on any atom is -0.370 e. The number of ketones is 2. The summed E-state index contributed by atoms with van der Waals surface area (Å²) in [4.78, 5) is 151. The first kappa shape index (κ1) is 62.4.